The lowest BCUT2D eigenvalue weighted by molar-refractivity contribution is -0.118. The van der Waals surface area contributed by atoms with Crippen molar-refractivity contribution in [2.75, 3.05) is 12.3 Å². The van der Waals surface area contributed by atoms with E-state index in [0.29, 0.717) is 6.54 Å². The van der Waals surface area contributed by atoms with Gasteiger partial charge in [0.2, 0.25) is 5.91 Å². The lowest BCUT2D eigenvalue weighted by Gasteiger charge is -2.24. The van der Waals surface area contributed by atoms with E-state index in [1.165, 1.54) is 10.4 Å². The molecule has 0 spiro atoms. The van der Waals surface area contributed by atoms with Crippen molar-refractivity contribution in [2.24, 2.45) is 0 Å². The summed E-state index contributed by atoms with van der Waals surface area (Å²) in [5, 5.41) is 4.97. The molecular formula is C11H17NOS2. The standard InChI is InChI=1S/C11H17NOS2/c1-8-4-5-15-10(8)11(2,3)7-12-9(13)6-14/h4-5,14H,6-7H2,1-3H3,(H,12,13). The number of thiophene rings is 1. The summed E-state index contributed by atoms with van der Waals surface area (Å²) in [6.07, 6.45) is 0. The molecular weight excluding hydrogens is 226 g/mol. The highest BCUT2D eigenvalue weighted by Gasteiger charge is 2.24. The summed E-state index contributed by atoms with van der Waals surface area (Å²) in [5.41, 5.74) is 1.29. The van der Waals surface area contributed by atoms with E-state index in [-0.39, 0.29) is 17.1 Å². The number of hydrogen-bond acceptors (Lipinski definition) is 3. The van der Waals surface area contributed by atoms with Crippen LogP contribution in [0.25, 0.3) is 0 Å². The van der Waals surface area contributed by atoms with E-state index in [9.17, 15) is 4.79 Å². The van der Waals surface area contributed by atoms with Gasteiger partial charge in [0.05, 0.1) is 5.75 Å². The molecule has 2 nitrogen and oxygen atoms in total. The van der Waals surface area contributed by atoms with Gasteiger partial charge in [-0.05, 0) is 23.9 Å². The molecule has 0 bridgehead atoms. The number of rotatable bonds is 4. The smallest absolute Gasteiger partial charge is 0.229 e. The van der Waals surface area contributed by atoms with Crippen LogP contribution in [0.4, 0.5) is 0 Å². The van der Waals surface area contributed by atoms with Crippen LogP contribution in [0.1, 0.15) is 24.3 Å². The third kappa shape index (κ3) is 3.24. The van der Waals surface area contributed by atoms with Crippen LogP contribution < -0.4 is 5.32 Å². The van der Waals surface area contributed by atoms with Crippen molar-refractivity contribution in [1.29, 1.82) is 0 Å². The van der Waals surface area contributed by atoms with Crippen LogP contribution in [0.5, 0.6) is 0 Å². The summed E-state index contributed by atoms with van der Waals surface area (Å²) in [4.78, 5) is 12.5. The van der Waals surface area contributed by atoms with Crippen molar-refractivity contribution in [3.63, 3.8) is 0 Å². The Labute approximate surface area is 100 Å². The fourth-order valence-electron chi connectivity index (χ4n) is 1.52. The molecule has 0 atom stereocenters. The number of aryl methyl sites for hydroxylation is 1. The van der Waals surface area contributed by atoms with Crippen molar-refractivity contribution in [3.05, 3.63) is 21.9 Å². The van der Waals surface area contributed by atoms with Gasteiger partial charge in [0.15, 0.2) is 0 Å². The molecule has 0 aliphatic carbocycles. The van der Waals surface area contributed by atoms with Crippen LogP contribution in [0.15, 0.2) is 11.4 Å². The zero-order chi connectivity index (χ0) is 11.5. The molecule has 1 amide bonds. The van der Waals surface area contributed by atoms with Crippen molar-refractivity contribution < 1.29 is 4.79 Å². The first-order chi connectivity index (χ1) is 6.97. The molecule has 0 saturated carbocycles. The average Bonchev–Trinajstić information content (AvgIpc) is 2.61. The van der Waals surface area contributed by atoms with E-state index < -0.39 is 0 Å². The molecule has 0 radical (unpaired) electrons. The van der Waals surface area contributed by atoms with Crippen molar-refractivity contribution in [1.82, 2.24) is 5.32 Å². The molecule has 1 N–H and O–H groups in total. The zero-order valence-corrected chi connectivity index (χ0v) is 11.0. The first-order valence-corrected chi connectivity index (χ1v) is 6.40. The van der Waals surface area contributed by atoms with Crippen LogP contribution in [0, 0.1) is 6.92 Å². The van der Waals surface area contributed by atoms with E-state index in [1.54, 1.807) is 11.3 Å². The summed E-state index contributed by atoms with van der Waals surface area (Å²) in [6.45, 7) is 7.05. The Morgan fingerprint density at radius 1 is 1.60 bits per heavy atom. The second-order valence-electron chi connectivity index (χ2n) is 4.25. The summed E-state index contributed by atoms with van der Waals surface area (Å²) in [5.74, 6) is 0.236. The van der Waals surface area contributed by atoms with E-state index in [2.05, 4.69) is 50.2 Å². The van der Waals surface area contributed by atoms with Crippen LogP contribution in [0.3, 0.4) is 0 Å². The Morgan fingerprint density at radius 2 is 2.27 bits per heavy atom. The van der Waals surface area contributed by atoms with Crippen molar-refractivity contribution in [2.45, 2.75) is 26.2 Å². The zero-order valence-electron chi connectivity index (χ0n) is 9.33. The Hall–Kier alpha value is -0.480. The summed E-state index contributed by atoms with van der Waals surface area (Å²) < 4.78 is 0. The molecule has 1 rings (SSSR count). The van der Waals surface area contributed by atoms with Crippen molar-refractivity contribution in [3.8, 4) is 0 Å². The molecule has 1 aromatic rings. The molecule has 15 heavy (non-hydrogen) atoms. The Balaban J connectivity index is 2.67. The first-order valence-electron chi connectivity index (χ1n) is 4.89. The van der Waals surface area contributed by atoms with Crippen LogP contribution in [-0.2, 0) is 10.2 Å². The fourth-order valence-corrected chi connectivity index (χ4v) is 2.69. The highest BCUT2D eigenvalue weighted by atomic mass is 32.1. The minimum absolute atomic E-state index is 0.00312. The number of carbonyl (C=O) groups excluding carboxylic acids is 1. The van der Waals surface area contributed by atoms with Gasteiger partial charge < -0.3 is 5.32 Å². The number of hydrogen-bond donors (Lipinski definition) is 2. The second kappa shape index (κ2) is 5.03. The minimum atomic E-state index is -0.0133. The van der Waals surface area contributed by atoms with E-state index in [1.807, 2.05) is 0 Å². The van der Waals surface area contributed by atoms with E-state index in [4.69, 9.17) is 0 Å². The second-order valence-corrected chi connectivity index (χ2v) is 5.48. The predicted octanol–water partition coefficient (Wildman–Crippen LogP) is 2.38. The molecule has 0 fully saturated rings. The molecule has 1 heterocycles. The summed E-state index contributed by atoms with van der Waals surface area (Å²) in [6, 6.07) is 2.11. The molecule has 0 unspecified atom stereocenters. The van der Waals surface area contributed by atoms with E-state index in [0.717, 1.165) is 0 Å². The van der Waals surface area contributed by atoms with E-state index >= 15 is 0 Å². The Kier molecular flexibility index (Phi) is 4.22. The van der Waals surface area contributed by atoms with Gasteiger partial charge in [-0.2, -0.15) is 12.6 Å². The minimum Gasteiger partial charge on any atom is -0.354 e. The SMILES string of the molecule is Cc1ccsc1C(C)(C)CNC(=O)CS. The molecule has 1 aromatic heterocycles. The Bertz CT molecular complexity index is 344. The summed E-state index contributed by atoms with van der Waals surface area (Å²) in [7, 11) is 0. The summed E-state index contributed by atoms with van der Waals surface area (Å²) >= 11 is 5.68. The van der Waals surface area contributed by atoms with Gasteiger partial charge in [0.25, 0.3) is 0 Å². The van der Waals surface area contributed by atoms with Gasteiger partial charge in [-0.15, -0.1) is 11.3 Å². The molecule has 0 aromatic carbocycles. The predicted molar refractivity (Wildman–Crippen MR) is 68.9 cm³/mol. The first kappa shape index (κ1) is 12.6. The maximum atomic E-state index is 11.1. The molecule has 84 valence electrons. The van der Waals surface area contributed by atoms with Crippen LogP contribution in [-0.4, -0.2) is 18.2 Å². The normalized spacial score (nSPS) is 11.5. The highest BCUT2D eigenvalue weighted by Crippen LogP contribution is 2.30. The van der Waals surface area contributed by atoms with Gasteiger partial charge in [-0.3, -0.25) is 4.79 Å². The van der Waals surface area contributed by atoms with Gasteiger partial charge >= 0.3 is 0 Å². The highest BCUT2D eigenvalue weighted by molar-refractivity contribution is 7.81. The maximum absolute atomic E-state index is 11.1. The monoisotopic (exact) mass is 243 g/mol. The molecule has 0 aliphatic heterocycles. The van der Waals surface area contributed by atoms with Crippen LogP contribution >= 0.6 is 24.0 Å². The number of nitrogens with one attached hydrogen (secondary N) is 1. The largest absolute Gasteiger partial charge is 0.354 e. The third-order valence-corrected chi connectivity index (χ3v) is 4.02. The van der Waals surface area contributed by atoms with Gasteiger partial charge in [-0.1, -0.05) is 13.8 Å². The fraction of sp³-hybridized carbons (Fsp3) is 0.545. The van der Waals surface area contributed by atoms with Gasteiger partial charge in [-0.25, -0.2) is 0 Å². The lowest BCUT2D eigenvalue weighted by atomic mass is 9.89. The van der Waals surface area contributed by atoms with Crippen molar-refractivity contribution >= 4 is 29.9 Å². The number of amides is 1. The number of carbonyl (C=O) groups is 1. The lowest BCUT2D eigenvalue weighted by Crippen LogP contribution is -2.37. The topological polar surface area (TPSA) is 29.1 Å². The molecule has 0 saturated heterocycles. The number of thiol groups is 1. The quantitative estimate of drug-likeness (QED) is 0.781. The van der Waals surface area contributed by atoms with Crippen LogP contribution in [0.2, 0.25) is 0 Å². The maximum Gasteiger partial charge on any atom is 0.229 e. The van der Waals surface area contributed by atoms with Gasteiger partial charge in [0, 0.05) is 16.8 Å². The molecule has 4 heteroatoms. The Morgan fingerprint density at radius 3 is 2.73 bits per heavy atom. The average molecular weight is 243 g/mol. The molecule has 0 aliphatic rings. The third-order valence-electron chi connectivity index (χ3n) is 2.35. The van der Waals surface area contributed by atoms with Gasteiger partial charge in [0.1, 0.15) is 0 Å².